The van der Waals surface area contributed by atoms with Crippen LogP contribution < -0.4 is 0 Å². The molecular weight excluding hydrogens is 230 g/mol. The van der Waals surface area contributed by atoms with Crippen LogP contribution in [0.1, 0.15) is 44.9 Å². The van der Waals surface area contributed by atoms with Crippen molar-refractivity contribution in [2.45, 2.75) is 50.5 Å². The number of carbonyl (C=O) groups excluding carboxylic acids is 1. The van der Waals surface area contributed by atoms with Crippen LogP contribution in [0.2, 0.25) is 0 Å². The van der Waals surface area contributed by atoms with Crippen LogP contribution in [0.5, 0.6) is 0 Å². The molecule has 2 rings (SSSR count). The summed E-state index contributed by atoms with van der Waals surface area (Å²) >= 11 is 0. The Hall–Kier alpha value is -0.610. The van der Waals surface area contributed by atoms with Gasteiger partial charge in [0.15, 0.2) is 0 Å². The Morgan fingerprint density at radius 3 is 2.72 bits per heavy atom. The van der Waals surface area contributed by atoms with Gasteiger partial charge < -0.3 is 14.7 Å². The van der Waals surface area contributed by atoms with Crippen molar-refractivity contribution < 1.29 is 14.6 Å². The maximum atomic E-state index is 12.1. The van der Waals surface area contributed by atoms with Crippen LogP contribution in [0, 0.1) is 5.92 Å². The van der Waals surface area contributed by atoms with E-state index < -0.39 is 5.60 Å². The van der Waals surface area contributed by atoms with Gasteiger partial charge in [0.2, 0.25) is 5.91 Å². The predicted octanol–water partition coefficient (Wildman–Crippen LogP) is 1.57. The molecule has 4 heteroatoms. The minimum atomic E-state index is -0.740. The summed E-state index contributed by atoms with van der Waals surface area (Å²) in [6, 6.07) is 0. The molecule has 0 bridgehead atoms. The van der Waals surface area contributed by atoms with Gasteiger partial charge >= 0.3 is 0 Å². The zero-order valence-corrected chi connectivity index (χ0v) is 11.4. The second-order valence-corrected chi connectivity index (χ2v) is 5.97. The summed E-state index contributed by atoms with van der Waals surface area (Å²) in [5.41, 5.74) is -0.740. The Morgan fingerprint density at radius 2 is 2.11 bits per heavy atom. The molecular formula is C14H25NO3. The fourth-order valence-corrected chi connectivity index (χ4v) is 3.02. The fourth-order valence-electron chi connectivity index (χ4n) is 3.02. The van der Waals surface area contributed by atoms with Gasteiger partial charge in [0.25, 0.3) is 0 Å². The normalized spacial score (nSPS) is 27.1. The average Bonchev–Trinajstić information content (AvgIpc) is 2.82. The SMILES string of the molecule is CN(CC1CCOC1)C(=O)CC1(O)CCCCC1. The summed E-state index contributed by atoms with van der Waals surface area (Å²) < 4.78 is 5.32. The molecule has 1 amide bonds. The molecule has 1 saturated heterocycles. The van der Waals surface area contributed by atoms with Crippen molar-refractivity contribution in [3.8, 4) is 0 Å². The lowest BCUT2D eigenvalue weighted by Gasteiger charge is -2.33. The van der Waals surface area contributed by atoms with E-state index in [0.29, 0.717) is 5.92 Å². The number of rotatable bonds is 4. The molecule has 4 nitrogen and oxygen atoms in total. The lowest BCUT2D eigenvalue weighted by molar-refractivity contribution is -0.137. The molecule has 0 radical (unpaired) electrons. The van der Waals surface area contributed by atoms with Gasteiger partial charge in [0.05, 0.1) is 18.6 Å². The van der Waals surface area contributed by atoms with Crippen LogP contribution >= 0.6 is 0 Å². The van der Waals surface area contributed by atoms with E-state index in [9.17, 15) is 9.90 Å². The summed E-state index contributed by atoms with van der Waals surface area (Å²) in [4.78, 5) is 13.9. The van der Waals surface area contributed by atoms with Crippen molar-refractivity contribution in [3.05, 3.63) is 0 Å². The van der Waals surface area contributed by atoms with Gasteiger partial charge in [0.1, 0.15) is 0 Å². The maximum Gasteiger partial charge on any atom is 0.225 e. The molecule has 0 aromatic carbocycles. The van der Waals surface area contributed by atoms with E-state index in [1.165, 1.54) is 6.42 Å². The van der Waals surface area contributed by atoms with E-state index in [1.54, 1.807) is 4.90 Å². The summed E-state index contributed by atoms with van der Waals surface area (Å²) in [6.45, 7) is 2.34. The van der Waals surface area contributed by atoms with Crippen molar-refractivity contribution in [2.75, 3.05) is 26.8 Å². The highest BCUT2D eigenvalue weighted by molar-refractivity contribution is 5.77. The van der Waals surface area contributed by atoms with Gasteiger partial charge in [-0.2, -0.15) is 0 Å². The standard InChI is InChI=1S/C14H25NO3/c1-15(10-12-5-8-18-11-12)13(16)9-14(17)6-3-2-4-7-14/h12,17H,2-11H2,1H3. The molecule has 1 aliphatic heterocycles. The molecule has 1 atom stereocenters. The highest BCUT2D eigenvalue weighted by Gasteiger charge is 2.33. The maximum absolute atomic E-state index is 12.1. The number of ether oxygens (including phenoxy) is 1. The Kier molecular flexibility index (Phi) is 4.62. The first-order valence-corrected chi connectivity index (χ1v) is 7.13. The molecule has 2 fully saturated rings. The van der Waals surface area contributed by atoms with Crippen molar-refractivity contribution in [1.82, 2.24) is 4.90 Å². The molecule has 0 spiro atoms. The molecule has 1 aliphatic carbocycles. The van der Waals surface area contributed by atoms with Crippen LogP contribution in [0.25, 0.3) is 0 Å². The third-order valence-corrected chi connectivity index (χ3v) is 4.25. The van der Waals surface area contributed by atoms with E-state index in [-0.39, 0.29) is 12.3 Å². The summed E-state index contributed by atoms with van der Waals surface area (Å²) in [6.07, 6.45) is 6.16. The van der Waals surface area contributed by atoms with Gasteiger partial charge in [-0.15, -0.1) is 0 Å². The van der Waals surface area contributed by atoms with Gasteiger partial charge in [0, 0.05) is 26.1 Å². The molecule has 1 saturated carbocycles. The van der Waals surface area contributed by atoms with E-state index in [4.69, 9.17) is 4.74 Å². The van der Waals surface area contributed by atoms with Crippen LogP contribution in [0.15, 0.2) is 0 Å². The third-order valence-electron chi connectivity index (χ3n) is 4.25. The highest BCUT2D eigenvalue weighted by Crippen LogP contribution is 2.31. The van der Waals surface area contributed by atoms with E-state index >= 15 is 0 Å². The number of amides is 1. The molecule has 2 aliphatic rings. The minimum absolute atomic E-state index is 0.0753. The second-order valence-electron chi connectivity index (χ2n) is 5.97. The Labute approximate surface area is 109 Å². The Bertz CT molecular complexity index is 281. The largest absolute Gasteiger partial charge is 0.389 e. The number of carbonyl (C=O) groups is 1. The highest BCUT2D eigenvalue weighted by atomic mass is 16.5. The average molecular weight is 255 g/mol. The number of hydrogen-bond acceptors (Lipinski definition) is 3. The van der Waals surface area contributed by atoms with Crippen molar-refractivity contribution in [1.29, 1.82) is 0 Å². The molecule has 0 aromatic heterocycles. The van der Waals surface area contributed by atoms with Crippen molar-refractivity contribution in [2.24, 2.45) is 5.92 Å². The van der Waals surface area contributed by atoms with E-state index in [0.717, 1.165) is 51.9 Å². The van der Waals surface area contributed by atoms with Gasteiger partial charge in [-0.3, -0.25) is 4.79 Å². The van der Waals surface area contributed by atoms with E-state index in [1.807, 2.05) is 7.05 Å². The van der Waals surface area contributed by atoms with Crippen LogP contribution in [-0.2, 0) is 9.53 Å². The quantitative estimate of drug-likeness (QED) is 0.829. The number of nitrogens with zero attached hydrogens (tertiary/aromatic N) is 1. The Balaban J connectivity index is 1.78. The molecule has 0 aromatic rings. The topological polar surface area (TPSA) is 49.8 Å². The fraction of sp³-hybridized carbons (Fsp3) is 0.929. The summed E-state index contributed by atoms with van der Waals surface area (Å²) in [5.74, 6) is 0.547. The summed E-state index contributed by atoms with van der Waals surface area (Å²) in [7, 11) is 1.84. The first-order valence-electron chi connectivity index (χ1n) is 7.13. The Morgan fingerprint density at radius 1 is 1.39 bits per heavy atom. The number of hydrogen-bond donors (Lipinski definition) is 1. The van der Waals surface area contributed by atoms with Gasteiger partial charge in [-0.25, -0.2) is 0 Å². The van der Waals surface area contributed by atoms with Crippen molar-refractivity contribution in [3.63, 3.8) is 0 Å². The molecule has 1 heterocycles. The predicted molar refractivity (Wildman–Crippen MR) is 69.2 cm³/mol. The van der Waals surface area contributed by atoms with Gasteiger partial charge in [-0.05, 0) is 19.3 Å². The number of aliphatic hydroxyl groups is 1. The molecule has 1 unspecified atom stereocenters. The zero-order chi connectivity index (χ0) is 13.0. The van der Waals surface area contributed by atoms with Gasteiger partial charge in [-0.1, -0.05) is 19.3 Å². The molecule has 1 N–H and O–H groups in total. The molecule has 104 valence electrons. The first kappa shape index (κ1) is 13.8. The van der Waals surface area contributed by atoms with Crippen LogP contribution in [0.3, 0.4) is 0 Å². The second kappa shape index (κ2) is 6.02. The minimum Gasteiger partial charge on any atom is -0.389 e. The lowest BCUT2D eigenvalue weighted by Crippen LogP contribution is -2.40. The monoisotopic (exact) mass is 255 g/mol. The molecule has 18 heavy (non-hydrogen) atoms. The third kappa shape index (κ3) is 3.69. The summed E-state index contributed by atoms with van der Waals surface area (Å²) in [5, 5.41) is 10.4. The van der Waals surface area contributed by atoms with Crippen molar-refractivity contribution >= 4 is 5.91 Å². The van der Waals surface area contributed by atoms with Crippen LogP contribution in [0.4, 0.5) is 0 Å². The first-order chi connectivity index (χ1) is 8.59. The zero-order valence-electron chi connectivity index (χ0n) is 11.4. The van der Waals surface area contributed by atoms with E-state index in [2.05, 4.69) is 0 Å². The smallest absolute Gasteiger partial charge is 0.225 e. The van der Waals surface area contributed by atoms with Crippen LogP contribution in [-0.4, -0.2) is 48.3 Å². The lowest BCUT2D eigenvalue weighted by atomic mass is 9.82.